The molecule has 7 heteroatoms. The van der Waals surface area contributed by atoms with Crippen LogP contribution in [0.25, 0.3) is 0 Å². The van der Waals surface area contributed by atoms with Gasteiger partial charge in [0, 0.05) is 0 Å². The van der Waals surface area contributed by atoms with Crippen LogP contribution in [0.1, 0.15) is 32.7 Å². The normalized spacial score (nSPS) is 14.0. The van der Waals surface area contributed by atoms with E-state index in [2.05, 4.69) is 0 Å². The summed E-state index contributed by atoms with van der Waals surface area (Å²) in [5.74, 6) is -4.74. The monoisotopic (exact) mass is 309 g/mol. The highest BCUT2D eigenvalue weighted by Crippen LogP contribution is 2.35. The Balaban J connectivity index is 2.17. The zero-order valence-corrected chi connectivity index (χ0v) is 10.8. The van der Waals surface area contributed by atoms with Crippen LogP contribution in [0, 0.1) is 11.6 Å². The van der Waals surface area contributed by atoms with E-state index >= 15 is 0 Å². The van der Waals surface area contributed by atoms with Crippen molar-refractivity contribution >= 4 is 17.5 Å². The van der Waals surface area contributed by atoms with Gasteiger partial charge < -0.3 is 0 Å². The van der Waals surface area contributed by atoms with E-state index in [4.69, 9.17) is 0 Å². The van der Waals surface area contributed by atoms with Crippen molar-refractivity contribution in [3.63, 3.8) is 0 Å². The Morgan fingerprint density at radius 1 is 0.864 bits per heavy atom. The number of hydrogen-bond acceptors (Lipinski definition) is 2. The van der Waals surface area contributed by atoms with E-state index in [1.807, 2.05) is 0 Å². The SMILES string of the molecule is O=C1c2ccccc2C(=O)N1c1ccc(F)c(C(F)F)c1F. The van der Waals surface area contributed by atoms with Gasteiger partial charge in [-0.2, -0.15) is 0 Å². The van der Waals surface area contributed by atoms with Gasteiger partial charge in [0.25, 0.3) is 18.2 Å². The number of benzene rings is 2. The average Bonchev–Trinajstić information content (AvgIpc) is 2.72. The molecule has 0 saturated heterocycles. The second-order valence-corrected chi connectivity index (χ2v) is 4.59. The number of rotatable bonds is 2. The summed E-state index contributed by atoms with van der Waals surface area (Å²) in [5, 5.41) is 0. The smallest absolute Gasteiger partial charge is 0.268 e. The topological polar surface area (TPSA) is 37.4 Å². The Morgan fingerprint density at radius 2 is 1.41 bits per heavy atom. The standard InChI is InChI=1S/C15H7F4NO2/c16-9-5-6-10(12(17)11(9)13(18)19)20-14(21)7-3-1-2-4-8(7)15(20)22/h1-6,13H. The highest BCUT2D eigenvalue weighted by atomic mass is 19.3. The van der Waals surface area contributed by atoms with Crippen molar-refractivity contribution in [3.8, 4) is 0 Å². The fourth-order valence-corrected chi connectivity index (χ4v) is 2.34. The first-order valence-electron chi connectivity index (χ1n) is 6.17. The molecule has 1 aliphatic heterocycles. The van der Waals surface area contributed by atoms with Crippen LogP contribution < -0.4 is 4.90 Å². The summed E-state index contributed by atoms with van der Waals surface area (Å²) in [7, 11) is 0. The van der Waals surface area contributed by atoms with Gasteiger partial charge >= 0.3 is 0 Å². The number of anilines is 1. The van der Waals surface area contributed by atoms with E-state index in [1.54, 1.807) is 0 Å². The van der Waals surface area contributed by atoms with Crippen molar-refractivity contribution < 1.29 is 27.2 Å². The summed E-state index contributed by atoms with van der Waals surface area (Å²) in [5.41, 5.74) is -2.08. The molecule has 3 rings (SSSR count). The molecule has 22 heavy (non-hydrogen) atoms. The van der Waals surface area contributed by atoms with E-state index in [1.165, 1.54) is 24.3 Å². The first kappa shape index (κ1) is 14.2. The number of fused-ring (bicyclic) bond motifs is 1. The van der Waals surface area contributed by atoms with Gasteiger partial charge in [-0.3, -0.25) is 9.59 Å². The van der Waals surface area contributed by atoms with Gasteiger partial charge in [0.05, 0.1) is 22.4 Å². The number of imide groups is 1. The fraction of sp³-hybridized carbons (Fsp3) is 0.0667. The minimum absolute atomic E-state index is 0.0369. The molecule has 2 aromatic carbocycles. The van der Waals surface area contributed by atoms with Crippen molar-refractivity contribution in [2.45, 2.75) is 6.43 Å². The number of halogens is 4. The highest BCUT2D eigenvalue weighted by Gasteiger charge is 2.39. The van der Waals surface area contributed by atoms with Gasteiger partial charge in [-0.05, 0) is 24.3 Å². The van der Waals surface area contributed by atoms with Crippen LogP contribution in [-0.4, -0.2) is 11.8 Å². The largest absolute Gasteiger partial charge is 0.269 e. The molecule has 0 N–H and O–H groups in total. The lowest BCUT2D eigenvalue weighted by Crippen LogP contribution is -2.30. The lowest BCUT2D eigenvalue weighted by Gasteiger charge is -2.16. The predicted molar refractivity (Wildman–Crippen MR) is 68.9 cm³/mol. The molecule has 0 atom stereocenters. The molecule has 1 heterocycles. The number of carbonyl (C=O) groups is 2. The molecule has 0 aliphatic carbocycles. The maximum Gasteiger partial charge on any atom is 0.269 e. The van der Waals surface area contributed by atoms with Gasteiger partial charge in [0.15, 0.2) is 5.82 Å². The molecule has 2 aromatic rings. The van der Waals surface area contributed by atoms with Crippen molar-refractivity contribution in [1.29, 1.82) is 0 Å². The minimum atomic E-state index is -3.41. The van der Waals surface area contributed by atoms with Crippen LogP contribution in [-0.2, 0) is 0 Å². The first-order chi connectivity index (χ1) is 10.4. The van der Waals surface area contributed by atoms with Crippen molar-refractivity contribution in [1.82, 2.24) is 0 Å². The maximum atomic E-state index is 14.1. The summed E-state index contributed by atoms with van der Waals surface area (Å²) in [6, 6.07) is 7.15. The van der Waals surface area contributed by atoms with Crippen molar-refractivity contribution in [2.24, 2.45) is 0 Å². The van der Waals surface area contributed by atoms with E-state index < -0.39 is 41.1 Å². The predicted octanol–water partition coefficient (Wildman–Crippen LogP) is 3.70. The van der Waals surface area contributed by atoms with Crippen molar-refractivity contribution in [2.75, 3.05) is 4.90 Å². The fourth-order valence-electron chi connectivity index (χ4n) is 2.34. The Kier molecular flexibility index (Phi) is 3.20. The number of nitrogens with zero attached hydrogens (tertiary/aromatic N) is 1. The summed E-state index contributed by atoms with van der Waals surface area (Å²) in [6.07, 6.45) is -3.41. The Hall–Kier alpha value is -2.70. The Labute approximate surface area is 121 Å². The molecule has 112 valence electrons. The minimum Gasteiger partial charge on any atom is -0.268 e. The highest BCUT2D eigenvalue weighted by molar-refractivity contribution is 6.34. The number of hydrogen-bond donors (Lipinski definition) is 0. The quantitative estimate of drug-likeness (QED) is 0.626. The van der Waals surface area contributed by atoms with Gasteiger partial charge in [0.1, 0.15) is 5.82 Å². The Bertz CT molecular complexity index is 769. The molecule has 0 unspecified atom stereocenters. The summed E-state index contributed by atoms with van der Waals surface area (Å²) >= 11 is 0. The first-order valence-corrected chi connectivity index (χ1v) is 6.17. The van der Waals surface area contributed by atoms with E-state index in [0.717, 1.165) is 6.07 Å². The third kappa shape index (κ3) is 1.89. The summed E-state index contributed by atoms with van der Waals surface area (Å²) in [6.45, 7) is 0. The number of carbonyl (C=O) groups excluding carboxylic acids is 2. The average molecular weight is 309 g/mol. The van der Waals surface area contributed by atoms with Crippen molar-refractivity contribution in [3.05, 3.63) is 64.7 Å². The second kappa shape index (κ2) is 4.94. The van der Waals surface area contributed by atoms with Crippen LogP contribution in [0.2, 0.25) is 0 Å². The van der Waals surface area contributed by atoms with E-state index in [0.29, 0.717) is 11.0 Å². The zero-order valence-electron chi connectivity index (χ0n) is 10.8. The molecule has 0 bridgehead atoms. The van der Waals surface area contributed by atoms with E-state index in [-0.39, 0.29) is 11.1 Å². The molecule has 0 aromatic heterocycles. The zero-order chi connectivity index (χ0) is 16.0. The number of amides is 2. The maximum absolute atomic E-state index is 14.1. The van der Waals surface area contributed by atoms with Crippen LogP contribution >= 0.6 is 0 Å². The molecule has 0 fully saturated rings. The lowest BCUT2D eigenvalue weighted by atomic mass is 10.1. The molecular formula is C15H7F4NO2. The number of alkyl halides is 2. The second-order valence-electron chi connectivity index (χ2n) is 4.59. The van der Waals surface area contributed by atoms with Crippen LogP contribution in [0.3, 0.4) is 0 Å². The van der Waals surface area contributed by atoms with Gasteiger partial charge in [-0.15, -0.1) is 0 Å². The van der Waals surface area contributed by atoms with Gasteiger partial charge in [0.2, 0.25) is 0 Å². The van der Waals surface area contributed by atoms with Crippen LogP contribution in [0.15, 0.2) is 36.4 Å². The molecule has 1 aliphatic rings. The van der Waals surface area contributed by atoms with Crippen LogP contribution in [0.5, 0.6) is 0 Å². The summed E-state index contributed by atoms with van der Waals surface area (Å²) < 4.78 is 52.9. The molecular weight excluding hydrogens is 302 g/mol. The molecule has 3 nitrogen and oxygen atoms in total. The molecule has 0 spiro atoms. The lowest BCUT2D eigenvalue weighted by molar-refractivity contribution is 0.0923. The Morgan fingerprint density at radius 3 is 1.91 bits per heavy atom. The van der Waals surface area contributed by atoms with E-state index in [9.17, 15) is 27.2 Å². The molecule has 2 amide bonds. The van der Waals surface area contributed by atoms with Gasteiger partial charge in [-0.25, -0.2) is 22.5 Å². The third-order valence-electron chi connectivity index (χ3n) is 3.36. The summed E-state index contributed by atoms with van der Waals surface area (Å²) in [4.78, 5) is 24.8. The molecule has 0 radical (unpaired) electrons. The molecule has 0 saturated carbocycles. The van der Waals surface area contributed by atoms with Crippen LogP contribution in [0.4, 0.5) is 23.2 Å². The third-order valence-corrected chi connectivity index (χ3v) is 3.36. The van der Waals surface area contributed by atoms with Gasteiger partial charge in [-0.1, -0.05) is 12.1 Å².